The van der Waals surface area contributed by atoms with E-state index in [0.717, 1.165) is 17.7 Å². The molecule has 3 aliphatic rings. The molecular weight excluding hydrogens is 435 g/mol. The fourth-order valence-corrected chi connectivity index (χ4v) is 4.95. The Kier molecular flexibility index (Phi) is 4.81. The summed E-state index contributed by atoms with van der Waals surface area (Å²) >= 11 is 0. The fraction of sp³-hybridized carbons (Fsp3) is 0.360. The van der Waals surface area contributed by atoms with Gasteiger partial charge in [-0.2, -0.15) is 13.2 Å². The highest BCUT2D eigenvalue weighted by atomic mass is 19.4. The van der Waals surface area contributed by atoms with Gasteiger partial charge in [-0.1, -0.05) is 26.0 Å². The van der Waals surface area contributed by atoms with Crippen LogP contribution in [-0.4, -0.2) is 18.5 Å². The SMILES string of the molecule is CC1(C)CC(=O)C2=C(C1)N(c1cccc(C(F)(F)F)c1)C(=O)CC2c1ccc2c(c1)OCO2. The lowest BCUT2D eigenvalue weighted by atomic mass is 9.69. The van der Waals surface area contributed by atoms with Crippen molar-refractivity contribution in [2.24, 2.45) is 5.41 Å². The first kappa shape index (κ1) is 21.6. The second-order valence-corrected chi connectivity index (χ2v) is 9.45. The predicted octanol–water partition coefficient (Wildman–Crippen LogP) is 5.60. The van der Waals surface area contributed by atoms with Crippen molar-refractivity contribution < 1.29 is 32.2 Å². The van der Waals surface area contributed by atoms with Crippen LogP contribution in [-0.2, 0) is 15.8 Å². The number of Topliss-reactive ketones (excluding diaryl/α,β-unsaturated/α-hetero) is 1. The van der Waals surface area contributed by atoms with Crippen molar-refractivity contribution in [3.05, 3.63) is 64.9 Å². The summed E-state index contributed by atoms with van der Waals surface area (Å²) in [6.45, 7) is 3.95. The van der Waals surface area contributed by atoms with Gasteiger partial charge in [-0.05, 0) is 47.7 Å². The van der Waals surface area contributed by atoms with E-state index in [1.807, 2.05) is 19.9 Å². The zero-order chi connectivity index (χ0) is 23.5. The second-order valence-electron chi connectivity index (χ2n) is 9.45. The van der Waals surface area contributed by atoms with Crippen LogP contribution in [0.4, 0.5) is 18.9 Å². The number of hydrogen-bond acceptors (Lipinski definition) is 4. The molecule has 5 rings (SSSR count). The number of carbonyl (C=O) groups excluding carboxylic acids is 2. The van der Waals surface area contributed by atoms with E-state index in [1.165, 1.54) is 17.0 Å². The highest BCUT2D eigenvalue weighted by Gasteiger charge is 2.45. The van der Waals surface area contributed by atoms with Crippen molar-refractivity contribution in [1.82, 2.24) is 0 Å². The number of alkyl halides is 3. The molecule has 1 unspecified atom stereocenters. The standard InChI is InChI=1S/C25H22F3NO4/c1-24(2)11-18-23(19(30)12-24)17(14-6-7-20-21(8-14)33-13-32-20)10-22(31)29(18)16-5-3-4-15(9-16)25(26,27)28/h3-9,17H,10-13H2,1-2H3. The molecule has 0 saturated heterocycles. The van der Waals surface area contributed by atoms with Gasteiger partial charge in [0.2, 0.25) is 12.7 Å². The number of allylic oxidation sites excluding steroid dienone is 2. The van der Waals surface area contributed by atoms with Gasteiger partial charge in [0.1, 0.15) is 0 Å². The smallest absolute Gasteiger partial charge is 0.416 e. The quantitative estimate of drug-likeness (QED) is 0.589. The molecule has 33 heavy (non-hydrogen) atoms. The summed E-state index contributed by atoms with van der Waals surface area (Å²) in [6, 6.07) is 10.0. The summed E-state index contributed by atoms with van der Waals surface area (Å²) in [4.78, 5) is 28.0. The molecule has 0 N–H and O–H groups in total. The largest absolute Gasteiger partial charge is 0.454 e. The average molecular weight is 457 g/mol. The van der Waals surface area contributed by atoms with E-state index >= 15 is 0 Å². The molecule has 0 aromatic heterocycles. The Morgan fingerprint density at radius 1 is 1.00 bits per heavy atom. The van der Waals surface area contributed by atoms with E-state index in [0.29, 0.717) is 35.6 Å². The van der Waals surface area contributed by atoms with Gasteiger partial charge in [0.15, 0.2) is 17.3 Å². The predicted molar refractivity (Wildman–Crippen MR) is 114 cm³/mol. The van der Waals surface area contributed by atoms with E-state index in [2.05, 4.69) is 0 Å². The van der Waals surface area contributed by atoms with E-state index in [-0.39, 0.29) is 30.6 Å². The summed E-state index contributed by atoms with van der Waals surface area (Å²) in [6.07, 6.45) is -3.86. The first-order chi connectivity index (χ1) is 15.5. The third kappa shape index (κ3) is 3.77. The maximum Gasteiger partial charge on any atom is 0.416 e. The topological polar surface area (TPSA) is 55.8 Å². The summed E-state index contributed by atoms with van der Waals surface area (Å²) in [7, 11) is 0. The van der Waals surface area contributed by atoms with Crippen LogP contribution in [0, 0.1) is 5.41 Å². The summed E-state index contributed by atoms with van der Waals surface area (Å²) in [5.41, 5.74) is 0.579. The Labute approximate surface area is 188 Å². The van der Waals surface area contributed by atoms with Gasteiger partial charge < -0.3 is 9.47 Å². The zero-order valence-electron chi connectivity index (χ0n) is 18.2. The molecule has 172 valence electrons. The van der Waals surface area contributed by atoms with Crippen molar-refractivity contribution in [3.8, 4) is 11.5 Å². The Morgan fingerprint density at radius 2 is 1.76 bits per heavy atom. The van der Waals surface area contributed by atoms with Gasteiger partial charge in [-0.3, -0.25) is 14.5 Å². The lowest BCUT2D eigenvalue weighted by molar-refractivity contribution is -0.137. The van der Waals surface area contributed by atoms with Crippen LogP contribution >= 0.6 is 0 Å². The highest BCUT2D eigenvalue weighted by molar-refractivity contribution is 6.07. The van der Waals surface area contributed by atoms with Gasteiger partial charge in [0, 0.05) is 35.7 Å². The summed E-state index contributed by atoms with van der Waals surface area (Å²) in [5, 5.41) is 0. The molecule has 2 heterocycles. The Balaban J connectivity index is 1.65. The van der Waals surface area contributed by atoms with Gasteiger partial charge in [0.25, 0.3) is 0 Å². The fourth-order valence-electron chi connectivity index (χ4n) is 4.95. The lowest BCUT2D eigenvalue weighted by Gasteiger charge is -2.43. The molecule has 0 saturated carbocycles. The van der Waals surface area contributed by atoms with E-state index in [9.17, 15) is 22.8 Å². The summed E-state index contributed by atoms with van der Waals surface area (Å²) < 4.78 is 50.9. The van der Waals surface area contributed by atoms with Gasteiger partial charge in [-0.15, -0.1) is 0 Å². The maximum atomic E-state index is 13.4. The number of anilines is 1. The summed E-state index contributed by atoms with van der Waals surface area (Å²) in [5.74, 6) is 0.213. The van der Waals surface area contributed by atoms with Crippen molar-refractivity contribution in [1.29, 1.82) is 0 Å². The van der Waals surface area contributed by atoms with Crippen molar-refractivity contribution >= 4 is 17.4 Å². The minimum Gasteiger partial charge on any atom is -0.454 e. The van der Waals surface area contributed by atoms with Crippen molar-refractivity contribution in [2.45, 2.75) is 45.2 Å². The lowest BCUT2D eigenvalue weighted by Crippen LogP contribution is -2.43. The number of ketones is 1. The van der Waals surface area contributed by atoms with Gasteiger partial charge in [0.05, 0.1) is 5.56 Å². The molecule has 0 fully saturated rings. The maximum absolute atomic E-state index is 13.4. The first-order valence-electron chi connectivity index (χ1n) is 10.7. The molecule has 2 aliphatic heterocycles. The second kappa shape index (κ2) is 7.37. The Hall–Kier alpha value is -3.29. The van der Waals surface area contributed by atoms with Crippen LogP contribution in [0.1, 0.15) is 50.2 Å². The number of amides is 1. The highest BCUT2D eigenvalue weighted by Crippen LogP contribution is 2.49. The minimum absolute atomic E-state index is 0.0269. The zero-order valence-corrected chi connectivity index (χ0v) is 18.2. The van der Waals surface area contributed by atoms with Crippen LogP contribution in [0.5, 0.6) is 11.5 Å². The molecule has 1 atom stereocenters. The van der Waals surface area contributed by atoms with Crippen LogP contribution < -0.4 is 14.4 Å². The molecule has 0 spiro atoms. The number of hydrogen-bond donors (Lipinski definition) is 0. The number of halogens is 3. The number of benzene rings is 2. The molecule has 1 amide bonds. The average Bonchev–Trinajstić information content (AvgIpc) is 3.19. The number of nitrogens with zero attached hydrogens (tertiary/aromatic N) is 1. The van der Waals surface area contributed by atoms with Crippen LogP contribution in [0.3, 0.4) is 0 Å². The van der Waals surface area contributed by atoms with Crippen molar-refractivity contribution in [3.63, 3.8) is 0 Å². The first-order valence-corrected chi connectivity index (χ1v) is 10.7. The molecule has 2 aromatic carbocycles. The molecular formula is C25H22F3NO4. The van der Waals surface area contributed by atoms with Gasteiger partial charge >= 0.3 is 6.18 Å². The van der Waals surface area contributed by atoms with Crippen LogP contribution in [0.15, 0.2) is 53.7 Å². The third-order valence-electron chi connectivity index (χ3n) is 6.37. The molecule has 0 bridgehead atoms. The van der Waals surface area contributed by atoms with Crippen LogP contribution in [0.2, 0.25) is 0 Å². The number of ether oxygens (including phenoxy) is 2. The molecule has 2 aromatic rings. The Bertz CT molecular complexity index is 1200. The monoisotopic (exact) mass is 457 g/mol. The number of fused-ring (bicyclic) bond motifs is 1. The Morgan fingerprint density at radius 3 is 2.52 bits per heavy atom. The third-order valence-corrected chi connectivity index (χ3v) is 6.37. The van der Waals surface area contributed by atoms with Crippen LogP contribution in [0.25, 0.3) is 0 Å². The number of carbonyl (C=O) groups is 2. The normalized spacial score (nSPS) is 22.0. The molecule has 5 nitrogen and oxygen atoms in total. The van der Waals surface area contributed by atoms with Gasteiger partial charge in [-0.25, -0.2) is 0 Å². The number of rotatable bonds is 2. The molecule has 1 aliphatic carbocycles. The molecule has 0 radical (unpaired) electrons. The van der Waals surface area contributed by atoms with E-state index in [1.54, 1.807) is 12.1 Å². The van der Waals surface area contributed by atoms with Crippen molar-refractivity contribution in [2.75, 3.05) is 11.7 Å². The molecule has 8 heteroatoms. The minimum atomic E-state index is -4.54. The van der Waals surface area contributed by atoms with E-state index < -0.39 is 23.1 Å². The van der Waals surface area contributed by atoms with E-state index in [4.69, 9.17) is 9.47 Å².